The Morgan fingerprint density at radius 2 is 2.00 bits per heavy atom. The third-order valence-electron chi connectivity index (χ3n) is 4.07. The van der Waals surface area contributed by atoms with Crippen LogP contribution in [0.25, 0.3) is 0 Å². The Labute approximate surface area is 112 Å². The van der Waals surface area contributed by atoms with Crippen LogP contribution < -0.4 is 5.32 Å². The summed E-state index contributed by atoms with van der Waals surface area (Å²) in [6.45, 7) is 12.5. The number of likely N-dealkylation sites (N-methyl/N-ethyl adjacent to an activating group) is 1. The Balaban J connectivity index is 1.47. The Hall–Kier alpha value is -0.160. The van der Waals surface area contributed by atoms with Crippen LogP contribution in [0.5, 0.6) is 0 Å². The van der Waals surface area contributed by atoms with Gasteiger partial charge in [0.25, 0.3) is 0 Å². The monoisotopic (exact) mass is 255 g/mol. The van der Waals surface area contributed by atoms with Gasteiger partial charge in [-0.05, 0) is 52.0 Å². The fourth-order valence-corrected chi connectivity index (χ4v) is 2.89. The average Bonchev–Trinajstić information content (AvgIpc) is 2.92. The summed E-state index contributed by atoms with van der Waals surface area (Å²) in [5.74, 6) is 0. The number of rotatable bonds is 7. The van der Waals surface area contributed by atoms with E-state index in [2.05, 4.69) is 22.0 Å². The third-order valence-corrected chi connectivity index (χ3v) is 4.07. The molecular formula is C14H29N3O. The molecule has 2 rings (SSSR count). The molecule has 2 aliphatic heterocycles. The van der Waals surface area contributed by atoms with Crippen LogP contribution in [0.4, 0.5) is 0 Å². The summed E-state index contributed by atoms with van der Waals surface area (Å²) in [5.41, 5.74) is 0. The summed E-state index contributed by atoms with van der Waals surface area (Å²) in [4.78, 5) is 5.05. The lowest BCUT2D eigenvalue weighted by Crippen LogP contribution is -2.46. The van der Waals surface area contributed by atoms with Gasteiger partial charge in [-0.15, -0.1) is 0 Å². The van der Waals surface area contributed by atoms with Crippen LogP contribution in [0.2, 0.25) is 0 Å². The van der Waals surface area contributed by atoms with Crippen LogP contribution in [0.1, 0.15) is 26.2 Å². The van der Waals surface area contributed by atoms with Gasteiger partial charge in [0.15, 0.2) is 0 Å². The quantitative estimate of drug-likeness (QED) is 0.681. The Morgan fingerprint density at radius 1 is 1.17 bits per heavy atom. The normalized spacial score (nSPS) is 26.8. The molecule has 4 nitrogen and oxygen atoms in total. The third kappa shape index (κ3) is 4.84. The van der Waals surface area contributed by atoms with Crippen molar-refractivity contribution in [1.29, 1.82) is 0 Å². The van der Waals surface area contributed by atoms with Crippen LogP contribution in [-0.2, 0) is 4.74 Å². The van der Waals surface area contributed by atoms with Gasteiger partial charge in [-0.25, -0.2) is 0 Å². The zero-order valence-electron chi connectivity index (χ0n) is 11.9. The Kier molecular flexibility index (Phi) is 6.41. The van der Waals surface area contributed by atoms with E-state index in [1.807, 2.05) is 0 Å². The van der Waals surface area contributed by atoms with Crippen molar-refractivity contribution in [3.63, 3.8) is 0 Å². The standard InChI is InChI=1S/C14H29N3O/c1-2-16-10-11-18-14(13-16)12-15-6-5-9-17-7-3-4-8-17/h14-15H,2-13H2,1H3. The first-order valence-electron chi connectivity index (χ1n) is 7.65. The fraction of sp³-hybridized carbons (Fsp3) is 1.00. The van der Waals surface area contributed by atoms with Crippen molar-refractivity contribution in [3.05, 3.63) is 0 Å². The number of nitrogens with one attached hydrogen (secondary N) is 1. The first-order chi connectivity index (χ1) is 8.88. The van der Waals surface area contributed by atoms with Crippen molar-refractivity contribution in [2.75, 3.05) is 59.0 Å². The predicted molar refractivity (Wildman–Crippen MR) is 75.0 cm³/mol. The van der Waals surface area contributed by atoms with Crippen LogP contribution in [0.3, 0.4) is 0 Å². The highest BCUT2D eigenvalue weighted by Gasteiger charge is 2.18. The molecule has 18 heavy (non-hydrogen) atoms. The number of ether oxygens (including phenoxy) is 1. The van der Waals surface area contributed by atoms with Gasteiger partial charge in [-0.1, -0.05) is 6.92 Å². The summed E-state index contributed by atoms with van der Waals surface area (Å²) >= 11 is 0. The molecule has 0 aromatic rings. The molecule has 2 aliphatic rings. The molecule has 1 atom stereocenters. The molecule has 0 amide bonds. The Bertz CT molecular complexity index is 219. The summed E-state index contributed by atoms with van der Waals surface area (Å²) < 4.78 is 5.78. The predicted octanol–water partition coefficient (Wildman–Crippen LogP) is 0.783. The first kappa shape index (κ1) is 14.3. The van der Waals surface area contributed by atoms with Gasteiger partial charge in [0, 0.05) is 19.6 Å². The van der Waals surface area contributed by atoms with Crippen LogP contribution in [0.15, 0.2) is 0 Å². The van der Waals surface area contributed by atoms with Gasteiger partial charge in [0.05, 0.1) is 12.7 Å². The number of morpholine rings is 1. The van der Waals surface area contributed by atoms with Crippen molar-refractivity contribution >= 4 is 0 Å². The molecule has 106 valence electrons. The second-order valence-electron chi connectivity index (χ2n) is 5.49. The lowest BCUT2D eigenvalue weighted by Gasteiger charge is -2.32. The lowest BCUT2D eigenvalue weighted by molar-refractivity contribution is -0.0252. The Morgan fingerprint density at radius 3 is 2.78 bits per heavy atom. The van der Waals surface area contributed by atoms with E-state index in [-0.39, 0.29) is 0 Å². The van der Waals surface area contributed by atoms with Crippen LogP contribution in [0, 0.1) is 0 Å². The summed E-state index contributed by atoms with van der Waals surface area (Å²) in [6.07, 6.45) is 4.46. The van der Waals surface area contributed by atoms with Crippen molar-refractivity contribution in [2.45, 2.75) is 32.3 Å². The van der Waals surface area contributed by atoms with Gasteiger partial charge in [-0.2, -0.15) is 0 Å². The molecule has 0 spiro atoms. The zero-order chi connectivity index (χ0) is 12.6. The highest BCUT2D eigenvalue weighted by atomic mass is 16.5. The summed E-state index contributed by atoms with van der Waals surface area (Å²) in [5, 5.41) is 3.55. The fourth-order valence-electron chi connectivity index (χ4n) is 2.89. The molecule has 0 aromatic carbocycles. The van der Waals surface area contributed by atoms with E-state index < -0.39 is 0 Å². The van der Waals surface area contributed by atoms with Gasteiger partial charge >= 0.3 is 0 Å². The van der Waals surface area contributed by atoms with Crippen LogP contribution in [-0.4, -0.2) is 74.9 Å². The van der Waals surface area contributed by atoms with E-state index in [1.165, 1.54) is 38.9 Å². The molecular weight excluding hydrogens is 226 g/mol. The molecule has 0 aromatic heterocycles. The second kappa shape index (κ2) is 8.10. The molecule has 4 heteroatoms. The minimum atomic E-state index is 0.394. The number of nitrogens with zero attached hydrogens (tertiary/aromatic N) is 2. The minimum Gasteiger partial charge on any atom is -0.374 e. The van der Waals surface area contributed by atoms with E-state index in [1.54, 1.807) is 0 Å². The highest BCUT2D eigenvalue weighted by Crippen LogP contribution is 2.07. The van der Waals surface area contributed by atoms with Gasteiger partial charge in [-0.3, -0.25) is 4.90 Å². The number of hydrogen-bond acceptors (Lipinski definition) is 4. The molecule has 1 N–H and O–H groups in total. The van der Waals surface area contributed by atoms with E-state index in [9.17, 15) is 0 Å². The van der Waals surface area contributed by atoms with Gasteiger partial charge in [0.1, 0.15) is 0 Å². The summed E-state index contributed by atoms with van der Waals surface area (Å²) in [7, 11) is 0. The second-order valence-corrected chi connectivity index (χ2v) is 5.49. The lowest BCUT2D eigenvalue weighted by atomic mass is 10.2. The molecule has 0 radical (unpaired) electrons. The van der Waals surface area contributed by atoms with Crippen LogP contribution >= 0.6 is 0 Å². The number of likely N-dealkylation sites (tertiary alicyclic amines) is 1. The summed E-state index contributed by atoms with van der Waals surface area (Å²) in [6, 6.07) is 0. The van der Waals surface area contributed by atoms with Crippen molar-refractivity contribution < 1.29 is 4.74 Å². The largest absolute Gasteiger partial charge is 0.374 e. The van der Waals surface area contributed by atoms with E-state index in [0.29, 0.717) is 6.10 Å². The maximum atomic E-state index is 5.78. The maximum absolute atomic E-state index is 5.78. The van der Waals surface area contributed by atoms with E-state index in [4.69, 9.17) is 4.74 Å². The minimum absolute atomic E-state index is 0.394. The van der Waals surface area contributed by atoms with Gasteiger partial charge < -0.3 is 15.0 Å². The molecule has 2 saturated heterocycles. The molecule has 0 saturated carbocycles. The highest BCUT2D eigenvalue weighted by molar-refractivity contribution is 4.73. The molecule has 0 aliphatic carbocycles. The SMILES string of the molecule is CCN1CCOC(CNCCCN2CCCC2)C1. The molecule has 0 bridgehead atoms. The smallest absolute Gasteiger partial charge is 0.0826 e. The number of hydrogen-bond donors (Lipinski definition) is 1. The average molecular weight is 255 g/mol. The van der Waals surface area contributed by atoms with E-state index in [0.717, 1.165) is 39.3 Å². The first-order valence-corrected chi connectivity index (χ1v) is 7.65. The maximum Gasteiger partial charge on any atom is 0.0826 e. The van der Waals surface area contributed by atoms with Crippen molar-refractivity contribution in [3.8, 4) is 0 Å². The zero-order valence-corrected chi connectivity index (χ0v) is 11.9. The van der Waals surface area contributed by atoms with Crippen molar-refractivity contribution in [2.24, 2.45) is 0 Å². The molecule has 2 heterocycles. The van der Waals surface area contributed by atoms with Gasteiger partial charge in [0.2, 0.25) is 0 Å². The van der Waals surface area contributed by atoms with Crippen molar-refractivity contribution in [1.82, 2.24) is 15.1 Å². The molecule has 1 unspecified atom stereocenters. The molecule has 2 fully saturated rings. The van der Waals surface area contributed by atoms with E-state index >= 15 is 0 Å². The topological polar surface area (TPSA) is 27.7 Å².